The quantitative estimate of drug-likeness (QED) is 0.0369. The molecule has 14 rings (SSSR count). The van der Waals surface area contributed by atoms with Gasteiger partial charge in [0.1, 0.15) is 21.7 Å². The van der Waals surface area contributed by atoms with Gasteiger partial charge in [0.2, 0.25) is 21.4 Å². The summed E-state index contributed by atoms with van der Waals surface area (Å²) in [6.07, 6.45) is -8.87. The second kappa shape index (κ2) is 29.6. The van der Waals surface area contributed by atoms with Crippen molar-refractivity contribution in [1.29, 1.82) is 5.26 Å². The van der Waals surface area contributed by atoms with Gasteiger partial charge in [0, 0.05) is 51.6 Å². The first kappa shape index (κ1) is 81.5. The van der Waals surface area contributed by atoms with Crippen molar-refractivity contribution in [2.45, 2.75) is 57.9 Å². The molecule has 0 bridgehead atoms. The van der Waals surface area contributed by atoms with E-state index in [2.05, 4.69) is 10.9 Å². The summed E-state index contributed by atoms with van der Waals surface area (Å²) in [5, 5.41) is -7.49. The van der Waals surface area contributed by atoms with Crippen LogP contribution in [0.1, 0.15) is 22.5 Å². The number of nitriles is 1. The van der Waals surface area contributed by atoms with Crippen LogP contribution < -0.4 is 42.0 Å². The standard InChI is InChI=1S/C79H47B2F15N8O8S5/c1-45(105)101-116(109,110)79(95,96)76(89,90)77(91,92)115(107,108)55-39-35-50(36-40-55)67-62-61(68(103(67)80(51-21-7-3-8-22-51)52-23-9-4-10-24-52)58(44-97)70-99-63-56-29-17-15-19-47(56)37-41-59(63)113-70)66(49-33-31-46(32-34-49)43-73(82,83)75(87,88)78(93,94)117(111,112)102-72(106)74(84,85)86)104(81(53-25-11-5-12-26-53)54-27-13-6-14-28-54)69(62)65(98-2)71-100-64-57-30-18-16-20-48(57)38-42-60(64)114-71/h3-42H,43H2,1H3,(H,101,105)(H,102,106)/b68-58-,69-65+. The second-order valence-corrected chi connectivity index (χ2v) is 34.0. The molecule has 2 N–H and O–H groups in total. The molecule has 4 heterocycles. The molecule has 16 nitrogen and oxygen atoms in total. The Morgan fingerprint density at radius 3 is 1.29 bits per heavy atom. The van der Waals surface area contributed by atoms with Crippen molar-refractivity contribution in [3.8, 4) is 28.6 Å². The summed E-state index contributed by atoms with van der Waals surface area (Å²) >= 11 is 1.93. The zero-order chi connectivity index (χ0) is 84.1. The Labute approximate surface area is 661 Å². The first-order valence-electron chi connectivity index (χ1n) is 34.1. The third-order valence-electron chi connectivity index (χ3n) is 19.2. The van der Waals surface area contributed by atoms with Crippen LogP contribution in [0.15, 0.2) is 248 Å². The lowest BCUT2D eigenvalue weighted by molar-refractivity contribution is -0.278. The van der Waals surface area contributed by atoms with Crippen LogP contribution in [-0.2, 0) is 45.9 Å². The molecule has 0 unspecified atom stereocenters. The number of halogens is 15. The van der Waals surface area contributed by atoms with Crippen LogP contribution in [0, 0.1) is 17.9 Å². The maximum absolute atomic E-state index is 16.6. The number of carbonyl (C=O) groups is 2. The van der Waals surface area contributed by atoms with Crippen molar-refractivity contribution in [2.75, 3.05) is 0 Å². The molecule has 0 aliphatic heterocycles. The second-order valence-electron chi connectivity index (χ2n) is 26.5. The number of hydrogen-bond donors (Lipinski definition) is 2. The maximum Gasteiger partial charge on any atom is 0.472 e. The summed E-state index contributed by atoms with van der Waals surface area (Å²) in [7, 11) is -22.2. The van der Waals surface area contributed by atoms with Crippen LogP contribution in [-0.4, -0.2) is 109 Å². The van der Waals surface area contributed by atoms with Crippen LogP contribution in [0.3, 0.4) is 0 Å². The Hall–Kier alpha value is -12.1. The van der Waals surface area contributed by atoms with Gasteiger partial charge in [-0.1, -0.05) is 240 Å². The number of benzene rings is 10. The monoisotopic (exact) mass is 1700 g/mol. The number of hydrogen-bond acceptors (Lipinski definition) is 13. The molecule has 38 heteroatoms. The van der Waals surface area contributed by atoms with Gasteiger partial charge in [0.25, 0.3) is 0 Å². The number of alkyl halides is 15. The van der Waals surface area contributed by atoms with Crippen LogP contribution in [0.25, 0.3) is 91.4 Å². The highest BCUT2D eigenvalue weighted by molar-refractivity contribution is 7.93. The van der Waals surface area contributed by atoms with Gasteiger partial charge in [-0.3, -0.25) is 9.59 Å². The van der Waals surface area contributed by atoms with E-state index in [0.717, 1.165) is 46.9 Å². The summed E-state index contributed by atoms with van der Waals surface area (Å²) in [4.78, 5) is 36.0. The predicted octanol–water partition coefficient (Wildman–Crippen LogP) is 13.9. The van der Waals surface area contributed by atoms with E-state index in [1.54, 1.807) is 199 Å². The molecular formula is C79H47B2F15N8O8S5. The highest BCUT2D eigenvalue weighted by Gasteiger charge is 2.82. The third kappa shape index (κ3) is 13.6. The van der Waals surface area contributed by atoms with Gasteiger partial charge in [-0.25, -0.2) is 32.7 Å². The lowest BCUT2D eigenvalue weighted by Gasteiger charge is -2.32. The smallest absolute Gasteiger partial charge is 0.384 e. The van der Waals surface area contributed by atoms with Crippen molar-refractivity contribution in [3.63, 3.8) is 0 Å². The summed E-state index contributed by atoms with van der Waals surface area (Å²) in [5.74, 6) is -26.5. The first-order chi connectivity index (χ1) is 55.1. The van der Waals surface area contributed by atoms with E-state index in [9.17, 15) is 59.8 Å². The van der Waals surface area contributed by atoms with Gasteiger partial charge in [0.15, 0.2) is 0 Å². The highest BCUT2D eigenvalue weighted by atomic mass is 32.2. The van der Waals surface area contributed by atoms with Gasteiger partial charge in [-0.05, 0) is 51.7 Å². The number of sulfone groups is 1. The molecule has 592 valence electrons. The largest absolute Gasteiger partial charge is 0.472 e. The number of amides is 2. The fraction of sp³-hybridized carbons (Fsp3) is 0.114. The van der Waals surface area contributed by atoms with Crippen molar-refractivity contribution in [1.82, 2.24) is 28.4 Å². The van der Waals surface area contributed by atoms with E-state index >= 15 is 52.7 Å². The lowest BCUT2D eigenvalue weighted by Crippen LogP contribution is -2.63. The molecule has 0 saturated carbocycles. The molecule has 4 aromatic heterocycles. The topological polar surface area (TPSA) is 224 Å². The fourth-order valence-electron chi connectivity index (χ4n) is 13.9. The number of carbonyl (C=O) groups excluding carboxylic acids is 2. The Morgan fingerprint density at radius 2 is 0.863 bits per heavy atom. The van der Waals surface area contributed by atoms with E-state index in [1.165, 1.54) is 4.48 Å². The number of aromatic nitrogens is 4. The lowest BCUT2D eigenvalue weighted by atomic mass is 9.50. The minimum atomic E-state index is -7.67. The molecule has 0 radical (unpaired) electrons. The average Bonchev–Trinajstić information content (AvgIpc) is 1.47. The zero-order valence-corrected chi connectivity index (χ0v) is 63.2. The molecule has 0 spiro atoms. The number of fused-ring (bicyclic) bond motifs is 7. The SMILES string of the molecule is [C-]#[N+]/C(c1nc2c(ccc3ccccc32)s1)=c1\c2c(-c3ccc(S(=O)(=O)C(F)(F)C(F)(F)C(F)(F)S(=O)(=O)NC(C)=O)cc3)n(B(c3ccccc3)c3ccccc3)/c(=C(/C#N)c3nc4c(ccc5ccccc54)s3)c2c(-c2ccc(CC(F)(F)C(F)(F)C(F)(F)S(=O)(=O)NC(=O)C(F)(F)F)cc2)n1B(c1ccccc1)c1ccccc1. The molecule has 0 fully saturated rings. The minimum absolute atomic E-state index is 0.0916. The molecular weight excluding hydrogens is 1660 g/mol. The average molecular weight is 1700 g/mol. The van der Waals surface area contributed by atoms with E-state index in [0.29, 0.717) is 80.7 Å². The minimum Gasteiger partial charge on any atom is -0.384 e. The van der Waals surface area contributed by atoms with Crippen molar-refractivity contribution >= 4 is 164 Å². The normalized spacial score (nSPS) is 13.5. The summed E-state index contributed by atoms with van der Waals surface area (Å²) in [5.41, 5.74) is -1.06. The highest BCUT2D eigenvalue weighted by Crippen LogP contribution is 2.54. The van der Waals surface area contributed by atoms with Gasteiger partial charge in [0.05, 0.1) is 37.2 Å². The Bertz CT molecular complexity index is 6740. The summed E-state index contributed by atoms with van der Waals surface area (Å²) in [6.45, 7) is 7.13. The molecule has 2 amide bonds. The number of nitrogens with zero attached hydrogens (tertiary/aromatic N) is 6. The van der Waals surface area contributed by atoms with Crippen LogP contribution in [0.5, 0.6) is 0 Å². The van der Waals surface area contributed by atoms with E-state index in [-0.39, 0.29) is 83.4 Å². The van der Waals surface area contributed by atoms with Crippen LogP contribution in [0.2, 0.25) is 0 Å². The van der Waals surface area contributed by atoms with Gasteiger partial charge < -0.3 is 8.96 Å². The third-order valence-corrected chi connectivity index (χ3v) is 26.0. The molecule has 14 aromatic rings. The van der Waals surface area contributed by atoms with Crippen LogP contribution >= 0.6 is 22.7 Å². The number of nitrogens with one attached hydrogen (secondary N) is 2. The van der Waals surface area contributed by atoms with Crippen molar-refractivity contribution < 1.29 is 101 Å². The van der Waals surface area contributed by atoms with Gasteiger partial charge >= 0.3 is 79.4 Å². The molecule has 117 heavy (non-hydrogen) atoms. The Balaban J connectivity index is 1.21. The predicted molar refractivity (Wildman–Crippen MR) is 415 cm³/mol. The number of rotatable bonds is 22. The molecule has 0 aliphatic rings. The van der Waals surface area contributed by atoms with E-state index < -0.39 is 118 Å². The van der Waals surface area contributed by atoms with Crippen molar-refractivity contribution in [3.05, 3.63) is 280 Å². The summed E-state index contributed by atoms with van der Waals surface area (Å²) < 4.78 is 315. The van der Waals surface area contributed by atoms with Crippen LogP contribution in [0.4, 0.5) is 65.9 Å². The summed E-state index contributed by atoms with van der Waals surface area (Å²) in [6, 6.07) is 61.1. The zero-order valence-electron chi connectivity index (χ0n) is 59.1. The Morgan fingerprint density at radius 1 is 0.479 bits per heavy atom. The number of sulfonamides is 2. The van der Waals surface area contributed by atoms with Gasteiger partial charge in [-0.15, -0.1) is 22.7 Å². The first-order valence-corrected chi connectivity index (χ1v) is 40.2. The van der Waals surface area contributed by atoms with E-state index in [1.807, 2.05) is 0 Å². The van der Waals surface area contributed by atoms with Gasteiger partial charge in [-0.2, -0.15) is 88.0 Å². The maximum atomic E-state index is 16.6. The fourth-order valence-corrected chi connectivity index (χ4v) is 19.1. The number of thiazole rings is 2. The van der Waals surface area contributed by atoms with E-state index in [4.69, 9.17) is 9.97 Å². The van der Waals surface area contributed by atoms with Crippen molar-refractivity contribution in [2.24, 2.45) is 0 Å². The Kier molecular flexibility index (Phi) is 20.6. The molecule has 0 atom stereocenters. The molecule has 0 aliphatic carbocycles. The molecule has 0 saturated heterocycles. The molecule has 10 aromatic carbocycles.